The molecule has 0 aromatic heterocycles. The van der Waals surface area contributed by atoms with Crippen LogP contribution in [0.25, 0.3) is 0 Å². The molecule has 1 unspecified atom stereocenters. The second-order valence-electron chi connectivity index (χ2n) is 3.68. The summed E-state index contributed by atoms with van der Waals surface area (Å²) in [6.45, 7) is 2.20. The topological polar surface area (TPSA) is 12.4 Å². The summed E-state index contributed by atoms with van der Waals surface area (Å²) in [5.41, 5.74) is 2.59. The standard InChI is InChI=1S/C12H15N/c1-10-6-5-9-12(13-10)11-7-3-2-4-8-11/h2-4,7-8,10H,5-6,9H2,1H3. The Balaban J connectivity index is 2.26. The fourth-order valence-corrected chi connectivity index (χ4v) is 1.81. The van der Waals surface area contributed by atoms with E-state index in [4.69, 9.17) is 0 Å². The Labute approximate surface area is 79.5 Å². The molecule has 2 rings (SSSR count). The number of hydrogen-bond acceptors (Lipinski definition) is 1. The van der Waals surface area contributed by atoms with Crippen LogP contribution in [0.3, 0.4) is 0 Å². The summed E-state index contributed by atoms with van der Waals surface area (Å²) in [4.78, 5) is 4.67. The molecule has 1 aliphatic heterocycles. The minimum absolute atomic E-state index is 0.518. The van der Waals surface area contributed by atoms with Gasteiger partial charge in [-0.05, 0) is 31.7 Å². The van der Waals surface area contributed by atoms with Gasteiger partial charge in [0.25, 0.3) is 0 Å². The van der Waals surface area contributed by atoms with Gasteiger partial charge < -0.3 is 0 Å². The zero-order chi connectivity index (χ0) is 9.10. The molecule has 1 nitrogen and oxygen atoms in total. The second kappa shape index (κ2) is 3.73. The fourth-order valence-electron chi connectivity index (χ4n) is 1.81. The van der Waals surface area contributed by atoms with Crippen LogP contribution < -0.4 is 0 Å². The molecular formula is C12H15N. The predicted molar refractivity (Wildman–Crippen MR) is 56.3 cm³/mol. The maximum Gasteiger partial charge on any atom is 0.0475 e. The molecule has 0 bridgehead atoms. The van der Waals surface area contributed by atoms with E-state index in [1.807, 2.05) is 0 Å². The summed E-state index contributed by atoms with van der Waals surface area (Å²) in [7, 11) is 0. The minimum Gasteiger partial charge on any atom is -0.286 e. The Morgan fingerprint density at radius 1 is 1.23 bits per heavy atom. The Bertz CT molecular complexity index is 300. The van der Waals surface area contributed by atoms with Crippen molar-refractivity contribution in [3.63, 3.8) is 0 Å². The minimum atomic E-state index is 0.518. The Hall–Kier alpha value is -1.11. The van der Waals surface area contributed by atoms with Crippen LogP contribution in [0.1, 0.15) is 31.7 Å². The summed E-state index contributed by atoms with van der Waals surface area (Å²) in [5.74, 6) is 0. The molecule has 0 saturated heterocycles. The van der Waals surface area contributed by atoms with Crippen LogP contribution in [0, 0.1) is 0 Å². The highest BCUT2D eigenvalue weighted by Crippen LogP contribution is 2.17. The summed E-state index contributed by atoms with van der Waals surface area (Å²) < 4.78 is 0. The van der Waals surface area contributed by atoms with Crippen LogP contribution >= 0.6 is 0 Å². The molecule has 0 aliphatic carbocycles. The molecule has 13 heavy (non-hydrogen) atoms. The van der Waals surface area contributed by atoms with Gasteiger partial charge in [-0.25, -0.2) is 0 Å². The summed E-state index contributed by atoms with van der Waals surface area (Å²) in [6, 6.07) is 11.0. The Kier molecular flexibility index (Phi) is 2.44. The Morgan fingerprint density at radius 3 is 2.69 bits per heavy atom. The zero-order valence-corrected chi connectivity index (χ0v) is 8.03. The van der Waals surface area contributed by atoms with Gasteiger partial charge in [0.15, 0.2) is 0 Å². The molecule has 0 radical (unpaired) electrons. The van der Waals surface area contributed by atoms with E-state index in [9.17, 15) is 0 Å². The van der Waals surface area contributed by atoms with Crippen LogP contribution in [0.2, 0.25) is 0 Å². The van der Waals surface area contributed by atoms with Gasteiger partial charge >= 0.3 is 0 Å². The van der Waals surface area contributed by atoms with E-state index in [0.717, 1.165) is 6.42 Å². The first kappa shape index (κ1) is 8.49. The van der Waals surface area contributed by atoms with Crippen molar-refractivity contribution in [2.45, 2.75) is 32.2 Å². The van der Waals surface area contributed by atoms with Crippen LogP contribution in [-0.2, 0) is 0 Å². The predicted octanol–water partition coefficient (Wildman–Crippen LogP) is 3.05. The third-order valence-corrected chi connectivity index (χ3v) is 2.52. The molecule has 1 heteroatoms. The van der Waals surface area contributed by atoms with Crippen molar-refractivity contribution >= 4 is 5.71 Å². The van der Waals surface area contributed by atoms with Gasteiger partial charge in [0, 0.05) is 11.8 Å². The maximum absolute atomic E-state index is 4.67. The van der Waals surface area contributed by atoms with Gasteiger partial charge in [-0.2, -0.15) is 0 Å². The molecule has 1 aromatic rings. The molecule has 1 heterocycles. The van der Waals surface area contributed by atoms with Gasteiger partial charge in [0.05, 0.1) is 0 Å². The highest BCUT2D eigenvalue weighted by molar-refractivity contribution is 6.00. The highest BCUT2D eigenvalue weighted by atomic mass is 14.8. The van der Waals surface area contributed by atoms with E-state index in [1.165, 1.54) is 24.1 Å². The molecular weight excluding hydrogens is 158 g/mol. The summed E-state index contributed by atoms with van der Waals surface area (Å²) >= 11 is 0. The molecule has 1 aromatic carbocycles. The smallest absolute Gasteiger partial charge is 0.0475 e. The molecule has 1 atom stereocenters. The van der Waals surface area contributed by atoms with Crippen molar-refractivity contribution < 1.29 is 0 Å². The van der Waals surface area contributed by atoms with Crippen LogP contribution in [0.5, 0.6) is 0 Å². The van der Waals surface area contributed by atoms with E-state index in [1.54, 1.807) is 0 Å². The van der Waals surface area contributed by atoms with Gasteiger partial charge in [-0.15, -0.1) is 0 Å². The van der Waals surface area contributed by atoms with Gasteiger partial charge in [0.2, 0.25) is 0 Å². The van der Waals surface area contributed by atoms with Crippen molar-refractivity contribution in [2.24, 2.45) is 4.99 Å². The average Bonchev–Trinajstić information content (AvgIpc) is 2.19. The number of rotatable bonds is 1. The molecule has 0 saturated carbocycles. The van der Waals surface area contributed by atoms with Crippen molar-refractivity contribution in [2.75, 3.05) is 0 Å². The molecule has 68 valence electrons. The molecule has 0 N–H and O–H groups in total. The summed E-state index contributed by atoms with van der Waals surface area (Å²) in [5, 5.41) is 0. The largest absolute Gasteiger partial charge is 0.286 e. The molecule has 0 amide bonds. The number of aliphatic imine (C=N–C) groups is 1. The first-order valence-corrected chi connectivity index (χ1v) is 4.98. The molecule has 0 fully saturated rings. The van der Waals surface area contributed by atoms with Crippen LogP contribution in [-0.4, -0.2) is 11.8 Å². The van der Waals surface area contributed by atoms with Crippen molar-refractivity contribution in [3.8, 4) is 0 Å². The van der Waals surface area contributed by atoms with E-state index in [0.29, 0.717) is 6.04 Å². The van der Waals surface area contributed by atoms with Crippen LogP contribution in [0.4, 0.5) is 0 Å². The zero-order valence-electron chi connectivity index (χ0n) is 8.03. The quantitative estimate of drug-likeness (QED) is 0.619. The fraction of sp³-hybridized carbons (Fsp3) is 0.417. The highest BCUT2D eigenvalue weighted by Gasteiger charge is 2.11. The maximum atomic E-state index is 4.67. The third kappa shape index (κ3) is 1.97. The number of hydrogen-bond donors (Lipinski definition) is 0. The molecule has 1 aliphatic rings. The second-order valence-corrected chi connectivity index (χ2v) is 3.68. The van der Waals surface area contributed by atoms with Gasteiger partial charge in [0.1, 0.15) is 0 Å². The van der Waals surface area contributed by atoms with Gasteiger partial charge in [-0.3, -0.25) is 4.99 Å². The lowest BCUT2D eigenvalue weighted by Crippen LogP contribution is -2.13. The molecule has 0 spiro atoms. The number of benzene rings is 1. The monoisotopic (exact) mass is 173 g/mol. The first-order valence-electron chi connectivity index (χ1n) is 4.98. The van der Waals surface area contributed by atoms with E-state index < -0.39 is 0 Å². The van der Waals surface area contributed by atoms with Crippen LogP contribution in [0.15, 0.2) is 35.3 Å². The SMILES string of the molecule is CC1CCCC(c2ccccc2)=N1. The Morgan fingerprint density at radius 2 is 2.00 bits per heavy atom. The lowest BCUT2D eigenvalue weighted by Gasteiger charge is -2.16. The lowest BCUT2D eigenvalue weighted by atomic mass is 9.99. The van der Waals surface area contributed by atoms with Crippen molar-refractivity contribution in [1.29, 1.82) is 0 Å². The van der Waals surface area contributed by atoms with E-state index >= 15 is 0 Å². The van der Waals surface area contributed by atoms with E-state index in [2.05, 4.69) is 42.2 Å². The first-order chi connectivity index (χ1) is 6.36. The van der Waals surface area contributed by atoms with Crippen molar-refractivity contribution in [3.05, 3.63) is 35.9 Å². The van der Waals surface area contributed by atoms with Crippen molar-refractivity contribution in [1.82, 2.24) is 0 Å². The van der Waals surface area contributed by atoms with E-state index in [-0.39, 0.29) is 0 Å². The summed E-state index contributed by atoms with van der Waals surface area (Å²) in [6.07, 6.45) is 3.68. The number of nitrogens with zero attached hydrogens (tertiary/aromatic N) is 1. The van der Waals surface area contributed by atoms with Gasteiger partial charge in [-0.1, -0.05) is 30.3 Å². The normalized spacial score (nSPS) is 22.5. The lowest BCUT2D eigenvalue weighted by molar-refractivity contribution is 0.610. The third-order valence-electron chi connectivity index (χ3n) is 2.52. The average molecular weight is 173 g/mol.